The molecule has 1 aliphatic carbocycles. The van der Waals surface area contributed by atoms with Gasteiger partial charge in [0, 0.05) is 24.1 Å². The van der Waals surface area contributed by atoms with Crippen molar-refractivity contribution in [3.8, 4) is 0 Å². The standard InChI is InChI=1S/C8H15F2NS/c1-12-6-7(11)2-4-8(9,10)5-3-7/h2-6,11H2,1H3. The van der Waals surface area contributed by atoms with Crippen molar-refractivity contribution in [2.45, 2.75) is 37.1 Å². The Bertz CT molecular complexity index is 151. The third-order valence-corrected chi connectivity index (χ3v) is 3.27. The predicted molar refractivity (Wildman–Crippen MR) is 48.7 cm³/mol. The first-order valence-electron chi connectivity index (χ1n) is 4.13. The Hall–Kier alpha value is 0.170. The molecule has 0 aromatic carbocycles. The fraction of sp³-hybridized carbons (Fsp3) is 1.00. The zero-order chi connectivity index (χ0) is 9.24. The molecule has 1 fully saturated rings. The Morgan fingerprint density at radius 2 is 1.75 bits per heavy atom. The lowest BCUT2D eigenvalue weighted by Crippen LogP contribution is -2.48. The second-order valence-corrected chi connectivity index (χ2v) is 4.52. The van der Waals surface area contributed by atoms with E-state index in [-0.39, 0.29) is 18.4 Å². The first-order valence-corrected chi connectivity index (χ1v) is 5.53. The van der Waals surface area contributed by atoms with Crippen LogP contribution in [0.15, 0.2) is 0 Å². The van der Waals surface area contributed by atoms with Crippen LogP contribution in [0.3, 0.4) is 0 Å². The highest BCUT2D eigenvalue weighted by Crippen LogP contribution is 2.38. The molecule has 0 saturated heterocycles. The minimum absolute atomic E-state index is 0.0376. The number of halogens is 2. The van der Waals surface area contributed by atoms with Crippen molar-refractivity contribution in [1.29, 1.82) is 0 Å². The molecule has 72 valence electrons. The largest absolute Gasteiger partial charge is 0.324 e. The van der Waals surface area contributed by atoms with Gasteiger partial charge in [-0.05, 0) is 19.1 Å². The normalized spacial score (nSPS) is 27.0. The van der Waals surface area contributed by atoms with Gasteiger partial charge >= 0.3 is 0 Å². The van der Waals surface area contributed by atoms with Gasteiger partial charge in [0.2, 0.25) is 5.92 Å². The van der Waals surface area contributed by atoms with Crippen molar-refractivity contribution in [2.75, 3.05) is 12.0 Å². The van der Waals surface area contributed by atoms with E-state index in [1.54, 1.807) is 11.8 Å². The van der Waals surface area contributed by atoms with Crippen LogP contribution in [0.25, 0.3) is 0 Å². The molecule has 1 aliphatic rings. The van der Waals surface area contributed by atoms with Crippen molar-refractivity contribution < 1.29 is 8.78 Å². The minimum atomic E-state index is -2.46. The van der Waals surface area contributed by atoms with E-state index >= 15 is 0 Å². The van der Waals surface area contributed by atoms with E-state index in [0.29, 0.717) is 12.8 Å². The predicted octanol–water partition coefficient (Wildman–Crippen LogP) is 2.26. The summed E-state index contributed by atoms with van der Waals surface area (Å²) in [5.41, 5.74) is 5.60. The summed E-state index contributed by atoms with van der Waals surface area (Å²) in [5.74, 6) is -1.66. The number of alkyl halides is 2. The van der Waals surface area contributed by atoms with Crippen LogP contribution < -0.4 is 5.73 Å². The smallest absolute Gasteiger partial charge is 0.248 e. The van der Waals surface area contributed by atoms with Crippen LogP contribution in [0.5, 0.6) is 0 Å². The Kier molecular flexibility index (Phi) is 2.99. The van der Waals surface area contributed by atoms with Crippen LogP contribution in [0.2, 0.25) is 0 Å². The van der Waals surface area contributed by atoms with E-state index in [1.165, 1.54) is 0 Å². The fourth-order valence-electron chi connectivity index (χ4n) is 1.55. The lowest BCUT2D eigenvalue weighted by molar-refractivity contribution is -0.0477. The summed E-state index contributed by atoms with van der Waals surface area (Å²) in [6.45, 7) is 0. The first-order chi connectivity index (χ1) is 5.47. The highest BCUT2D eigenvalue weighted by molar-refractivity contribution is 7.98. The molecule has 1 saturated carbocycles. The quantitative estimate of drug-likeness (QED) is 0.731. The Morgan fingerprint density at radius 1 is 1.25 bits per heavy atom. The average Bonchev–Trinajstić information content (AvgIpc) is 1.98. The molecular weight excluding hydrogens is 180 g/mol. The molecule has 0 aromatic heterocycles. The molecule has 12 heavy (non-hydrogen) atoms. The van der Waals surface area contributed by atoms with E-state index in [4.69, 9.17) is 5.73 Å². The van der Waals surface area contributed by atoms with Crippen LogP contribution in [-0.4, -0.2) is 23.5 Å². The van der Waals surface area contributed by atoms with Crippen LogP contribution in [0, 0.1) is 0 Å². The van der Waals surface area contributed by atoms with Gasteiger partial charge in [0.25, 0.3) is 0 Å². The van der Waals surface area contributed by atoms with Gasteiger partial charge in [0.15, 0.2) is 0 Å². The summed E-state index contributed by atoms with van der Waals surface area (Å²) in [7, 11) is 0. The number of rotatable bonds is 2. The third kappa shape index (κ3) is 2.59. The Balaban J connectivity index is 2.44. The summed E-state index contributed by atoms with van der Waals surface area (Å²) in [4.78, 5) is 0. The van der Waals surface area contributed by atoms with E-state index in [9.17, 15) is 8.78 Å². The maximum Gasteiger partial charge on any atom is 0.248 e. The Morgan fingerprint density at radius 3 is 2.17 bits per heavy atom. The molecule has 0 atom stereocenters. The molecule has 0 radical (unpaired) electrons. The van der Waals surface area contributed by atoms with Crippen LogP contribution in [0.4, 0.5) is 8.78 Å². The zero-order valence-electron chi connectivity index (χ0n) is 7.28. The van der Waals surface area contributed by atoms with Crippen LogP contribution >= 0.6 is 11.8 Å². The van der Waals surface area contributed by atoms with Crippen molar-refractivity contribution in [2.24, 2.45) is 5.73 Å². The number of nitrogens with two attached hydrogens (primary N) is 1. The molecule has 0 aliphatic heterocycles. The average molecular weight is 195 g/mol. The third-order valence-electron chi connectivity index (χ3n) is 2.41. The van der Waals surface area contributed by atoms with Gasteiger partial charge in [-0.15, -0.1) is 0 Å². The van der Waals surface area contributed by atoms with Gasteiger partial charge < -0.3 is 5.73 Å². The van der Waals surface area contributed by atoms with Crippen LogP contribution in [0.1, 0.15) is 25.7 Å². The molecule has 0 spiro atoms. The molecule has 1 rings (SSSR count). The van der Waals surface area contributed by atoms with Crippen molar-refractivity contribution in [3.63, 3.8) is 0 Å². The molecule has 0 bridgehead atoms. The lowest BCUT2D eigenvalue weighted by atomic mass is 9.82. The fourth-order valence-corrected chi connectivity index (χ4v) is 2.41. The van der Waals surface area contributed by atoms with Gasteiger partial charge in [-0.25, -0.2) is 8.78 Å². The maximum absolute atomic E-state index is 12.7. The molecule has 0 heterocycles. The van der Waals surface area contributed by atoms with Crippen molar-refractivity contribution in [1.82, 2.24) is 0 Å². The van der Waals surface area contributed by atoms with E-state index < -0.39 is 5.92 Å². The van der Waals surface area contributed by atoms with Crippen molar-refractivity contribution in [3.05, 3.63) is 0 Å². The van der Waals surface area contributed by atoms with E-state index in [0.717, 1.165) is 5.75 Å². The highest BCUT2D eigenvalue weighted by Gasteiger charge is 2.40. The SMILES string of the molecule is CSCC1(N)CCC(F)(F)CC1. The Labute approximate surface area is 76.1 Å². The van der Waals surface area contributed by atoms with Gasteiger partial charge in [-0.1, -0.05) is 0 Å². The van der Waals surface area contributed by atoms with Crippen molar-refractivity contribution >= 4 is 11.8 Å². The molecule has 0 amide bonds. The molecular formula is C8H15F2NS. The van der Waals surface area contributed by atoms with Gasteiger partial charge in [-0.2, -0.15) is 11.8 Å². The summed E-state index contributed by atoms with van der Waals surface area (Å²) in [6, 6.07) is 0. The number of hydrogen-bond acceptors (Lipinski definition) is 2. The number of hydrogen-bond donors (Lipinski definition) is 1. The molecule has 0 aromatic rings. The van der Waals surface area contributed by atoms with Gasteiger partial charge in [-0.3, -0.25) is 0 Å². The maximum atomic E-state index is 12.7. The van der Waals surface area contributed by atoms with E-state index in [1.807, 2.05) is 6.26 Å². The monoisotopic (exact) mass is 195 g/mol. The van der Waals surface area contributed by atoms with Gasteiger partial charge in [0.05, 0.1) is 0 Å². The minimum Gasteiger partial charge on any atom is -0.324 e. The number of thioether (sulfide) groups is 1. The van der Waals surface area contributed by atoms with Gasteiger partial charge in [0.1, 0.15) is 0 Å². The molecule has 0 unspecified atom stereocenters. The lowest BCUT2D eigenvalue weighted by Gasteiger charge is -2.36. The molecule has 2 N–H and O–H groups in total. The topological polar surface area (TPSA) is 26.0 Å². The van der Waals surface area contributed by atoms with Crippen LogP contribution in [-0.2, 0) is 0 Å². The summed E-state index contributed by atoms with van der Waals surface area (Å²) in [5, 5.41) is 0. The summed E-state index contributed by atoms with van der Waals surface area (Å²) in [6.07, 6.45) is 2.80. The second-order valence-electron chi connectivity index (χ2n) is 3.65. The summed E-state index contributed by atoms with van der Waals surface area (Å²) < 4.78 is 25.5. The second kappa shape index (κ2) is 3.50. The first kappa shape index (κ1) is 10.3. The molecule has 4 heteroatoms. The molecule has 1 nitrogen and oxygen atoms in total. The highest BCUT2D eigenvalue weighted by atomic mass is 32.2. The summed E-state index contributed by atoms with van der Waals surface area (Å²) >= 11 is 1.64. The van der Waals surface area contributed by atoms with E-state index in [2.05, 4.69) is 0 Å². The zero-order valence-corrected chi connectivity index (χ0v) is 8.09.